The van der Waals surface area contributed by atoms with Gasteiger partial charge in [0.15, 0.2) is 0 Å². The third-order valence-electron chi connectivity index (χ3n) is 1.56. The fraction of sp³-hybridized carbons (Fsp3) is 0.200. The van der Waals surface area contributed by atoms with Crippen LogP contribution in [0.5, 0.6) is 5.75 Å². The van der Waals surface area contributed by atoms with Gasteiger partial charge in [-0.15, -0.1) is 13.2 Å². The molecule has 0 saturated carbocycles. The highest BCUT2D eigenvalue weighted by Crippen LogP contribution is 2.22. The number of hydrogen-bond donors (Lipinski definition) is 1. The van der Waals surface area contributed by atoms with Crippen molar-refractivity contribution >= 4 is 6.08 Å². The Morgan fingerprint density at radius 2 is 1.80 bits per heavy atom. The lowest BCUT2D eigenvalue weighted by molar-refractivity contribution is -0.274. The molecule has 2 N–H and O–H groups in total. The molecular formula is C10H10F3NO. The van der Waals surface area contributed by atoms with Gasteiger partial charge < -0.3 is 10.5 Å². The molecule has 5 heteroatoms. The van der Waals surface area contributed by atoms with Crippen LogP contribution in [0.3, 0.4) is 0 Å². The predicted octanol–water partition coefficient (Wildman–Crippen LogP) is 2.56. The Balaban J connectivity index is 2.68. The van der Waals surface area contributed by atoms with Gasteiger partial charge in [0, 0.05) is 6.54 Å². The van der Waals surface area contributed by atoms with E-state index in [4.69, 9.17) is 5.73 Å². The van der Waals surface area contributed by atoms with E-state index in [0.29, 0.717) is 6.54 Å². The zero-order valence-corrected chi connectivity index (χ0v) is 7.79. The van der Waals surface area contributed by atoms with E-state index in [1.807, 2.05) is 0 Å². The quantitative estimate of drug-likeness (QED) is 0.844. The van der Waals surface area contributed by atoms with E-state index in [2.05, 4.69) is 4.74 Å². The standard InChI is InChI=1S/C10H10F3NO/c11-10(12,13)15-9-5-3-8(4-6-9)2-1-7-14/h1-6H,7,14H2/b2-1+. The second-order valence-electron chi connectivity index (χ2n) is 2.75. The first-order chi connectivity index (χ1) is 7.01. The Kier molecular flexibility index (Phi) is 3.74. The minimum atomic E-state index is -4.64. The smallest absolute Gasteiger partial charge is 0.406 e. The van der Waals surface area contributed by atoms with Crippen LogP contribution < -0.4 is 10.5 Å². The Morgan fingerprint density at radius 1 is 1.20 bits per heavy atom. The monoisotopic (exact) mass is 217 g/mol. The van der Waals surface area contributed by atoms with Crippen LogP contribution in [-0.4, -0.2) is 12.9 Å². The maximum absolute atomic E-state index is 11.8. The summed E-state index contributed by atoms with van der Waals surface area (Å²) in [6, 6.07) is 5.55. The van der Waals surface area contributed by atoms with Crippen LogP contribution in [0.25, 0.3) is 6.08 Å². The highest BCUT2D eigenvalue weighted by atomic mass is 19.4. The van der Waals surface area contributed by atoms with Crippen LogP contribution >= 0.6 is 0 Å². The molecule has 2 nitrogen and oxygen atoms in total. The minimum Gasteiger partial charge on any atom is -0.406 e. The molecule has 0 heterocycles. The first kappa shape index (κ1) is 11.6. The summed E-state index contributed by atoms with van der Waals surface area (Å²) < 4.78 is 39.1. The molecule has 0 atom stereocenters. The van der Waals surface area contributed by atoms with Crippen molar-refractivity contribution in [1.29, 1.82) is 0 Å². The lowest BCUT2D eigenvalue weighted by atomic mass is 10.2. The molecule has 0 aliphatic rings. The molecule has 0 amide bonds. The van der Waals surface area contributed by atoms with Gasteiger partial charge in [-0.3, -0.25) is 0 Å². The van der Waals surface area contributed by atoms with E-state index in [1.165, 1.54) is 24.3 Å². The number of hydrogen-bond acceptors (Lipinski definition) is 2. The molecule has 0 spiro atoms. The second kappa shape index (κ2) is 4.84. The van der Waals surface area contributed by atoms with Crippen molar-refractivity contribution in [2.24, 2.45) is 5.73 Å². The van der Waals surface area contributed by atoms with Gasteiger partial charge in [-0.2, -0.15) is 0 Å². The summed E-state index contributed by atoms with van der Waals surface area (Å²) in [5.41, 5.74) is 6.00. The zero-order valence-electron chi connectivity index (χ0n) is 7.79. The first-order valence-electron chi connectivity index (χ1n) is 4.24. The van der Waals surface area contributed by atoms with Crippen molar-refractivity contribution in [3.05, 3.63) is 35.9 Å². The number of ether oxygens (including phenoxy) is 1. The van der Waals surface area contributed by atoms with Crippen molar-refractivity contribution in [2.45, 2.75) is 6.36 Å². The molecule has 0 saturated heterocycles. The summed E-state index contributed by atoms with van der Waals surface area (Å²) in [6.07, 6.45) is -1.22. The summed E-state index contributed by atoms with van der Waals surface area (Å²) in [5, 5.41) is 0. The number of halogens is 3. The number of nitrogens with two attached hydrogens (primary N) is 1. The largest absolute Gasteiger partial charge is 0.573 e. The molecule has 1 aromatic rings. The fourth-order valence-electron chi connectivity index (χ4n) is 0.985. The van der Waals surface area contributed by atoms with E-state index in [0.717, 1.165) is 5.56 Å². The Labute approximate surface area is 85.2 Å². The summed E-state index contributed by atoms with van der Waals surface area (Å²) in [4.78, 5) is 0. The van der Waals surface area contributed by atoms with Gasteiger partial charge in [-0.05, 0) is 17.7 Å². The van der Waals surface area contributed by atoms with E-state index < -0.39 is 6.36 Å². The van der Waals surface area contributed by atoms with E-state index in [-0.39, 0.29) is 5.75 Å². The van der Waals surface area contributed by atoms with Crippen LogP contribution in [0.15, 0.2) is 30.3 Å². The van der Waals surface area contributed by atoms with Crippen molar-refractivity contribution in [1.82, 2.24) is 0 Å². The number of alkyl halides is 3. The summed E-state index contributed by atoms with van der Waals surface area (Å²) in [6.45, 7) is 0.390. The lowest BCUT2D eigenvalue weighted by Gasteiger charge is -2.08. The molecule has 0 radical (unpaired) electrons. The Hall–Kier alpha value is -1.49. The number of rotatable bonds is 3. The van der Waals surface area contributed by atoms with Gasteiger partial charge in [-0.1, -0.05) is 24.3 Å². The van der Waals surface area contributed by atoms with Gasteiger partial charge in [0.05, 0.1) is 0 Å². The fourth-order valence-corrected chi connectivity index (χ4v) is 0.985. The van der Waals surface area contributed by atoms with Crippen molar-refractivity contribution in [3.63, 3.8) is 0 Å². The van der Waals surface area contributed by atoms with Crippen LogP contribution in [0.2, 0.25) is 0 Å². The van der Waals surface area contributed by atoms with Crippen LogP contribution in [0.1, 0.15) is 5.56 Å². The van der Waals surface area contributed by atoms with E-state index in [9.17, 15) is 13.2 Å². The van der Waals surface area contributed by atoms with Crippen molar-refractivity contribution in [2.75, 3.05) is 6.54 Å². The van der Waals surface area contributed by atoms with Gasteiger partial charge >= 0.3 is 6.36 Å². The second-order valence-corrected chi connectivity index (χ2v) is 2.75. The molecule has 0 aromatic heterocycles. The molecule has 1 rings (SSSR count). The molecule has 0 aliphatic heterocycles. The molecule has 1 aromatic carbocycles. The summed E-state index contributed by atoms with van der Waals surface area (Å²) >= 11 is 0. The zero-order chi connectivity index (χ0) is 11.3. The van der Waals surface area contributed by atoms with Crippen LogP contribution in [0.4, 0.5) is 13.2 Å². The van der Waals surface area contributed by atoms with Gasteiger partial charge in [0.2, 0.25) is 0 Å². The van der Waals surface area contributed by atoms with Gasteiger partial charge in [-0.25, -0.2) is 0 Å². The Morgan fingerprint density at radius 3 is 2.27 bits per heavy atom. The predicted molar refractivity (Wildman–Crippen MR) is 51.2 cm³/mol. The highest BCUT2D eigenvalue weighted by molar-refractivity contribution is 5.50. The SMILES string of the molecule is NC/C=C/c1ccc(OC(F)(F)F)cc1. The normalized spacial score (nSPS) is 12.0. The first-order valence-corrected chi connectivity index (χ1v) is 4.24. The molecular weight excluding hydrogens is 207 g/mol. The lowest BCUT2D eigenvalue weighted by Crippen LogP contribution is -2.16. The molecule has 0 fully saturated rings. The Bertz CT molecular complexity index is 330. The molecule has 0 unspecified atom stereocenters. The van der Waals surface area contributed by atoms with Crippen molar-refractivity contribution in [3.8, 4) is 5.75 Å². The number of benzene rings is 1. The van der Waals surface area contributed by atoms with Crippen LogP contribution in [0, 0.1) is 0 Å². The minimum absolute atomic E-state index is 0.229. The molecule has 0 aliphatic carbocycles. The third-order valence-corrected chi connectivity index (χ3v) is 1.56. The van der Waals surface area contributed by atoms with E-state index in [1.54, 1.807) is 12.2 Å². The average Bonchev–Trinajstić information content (AvgIpc) is 2.14. The van der Waals surface area contributed by atoms with Crippen molar-refractivity contribution < 1.29 is 17.9 Å². The van der Waals surface area contributed by atoms with Crippen LogP contribution in [-0.2, 0) is 0 Å². The average molecular weight is 217 g/mol. The highest BCUT2D eigenvalue weighted by Gasteiger charge is 2.30. The molecule has 15 heavy (non-hydrogen) atoms. The maximum Gasteiger partial charge on any atom is 0.573 e. The molecule has 0 bridgehead atoms. The summed E-state index contributed by atoms with van der Waals surface area (Å²) in [5.74, 6) is -0.229. The third kappa shape index (κ3) is 4.51. The van der Waals surface area contributed by atoms with Gasteiger partial charge in [0.1, 0.15) is 5.75 Å². The summed E-state index contributed by atoms with van der Waals surface area (Å²) in [7, 11) is 0. The topological polar surface area (TPSA) is 35.2 Å². The van der Waals surface area contributed by atoms with E-state index >= 15 is 0 Å². The van der Waals surface area contributed by atoms with Gasteiger partial charge in [0.25, 0.3) is 0 Å². The molecule has 82 valence electrons. The maximum atomic E-state index is 11.8.